The molecule has 0 unspecified atom stereocenters. The number of aromatic carboxylic acids is 1. The summed E-state index contributed by atoms with van der Waals surface area (Å²) >= 11 is 0. The van der Waals surface area contributed by atoms with Crippen LogP contribution in [0, 0.1) is 0 Å². The molecule has 0 fully saturated rings. The zero-order valence-electron chi connectivity index (χ0n) is 9.45. The first-order chi connectivity index (χ1) is 8.75. The van der Waals surface area contributed by atoms with Gasteiger partial charge in [0.2, 0.25) is 0 Å². The summed E-state index contributed by atoms with van der Waals surface area (Å²) in [7, 11) is 0. The first-order valence-corrected chi connectivity index (χ1v) is 5.51. The Bertz CT molecular complexity index is 727. The molecule has 4 nitrogen and oxygen atoms in total. The molecule has 4 heteroatoms. The summed E-state index contributed by atoms with van der Waals surface area (Å²) in [6, 6.07) is 1.64. The first kappa shape index (κ1) is 10.5. The fourth-order valence-electron chi connectivity index (χ4n) is 1.97. The van der Waals surface area contributed by atoms with Gasteiger partial charge in [-0.1, -0.05) is 12.2 Å². The molecular weight excluding hydrogens is 228 g/mol. The molecule has 0 radical (unpaired) electrons. The summed E-state index contributed by atoms with van der Waals surface area (Å²) in [6.45, 7) is 0. The van der Waals surface area contributed by atoms with Gasteiger partial charge in [-0.25, -0.2) is 4.79 Å². The predicted molar refractivity (Wildman–Crippen MR) is 67.6 cm³/mol. The highest BCUT2D eigenvalue weighted by atomic mass is 16.4. The maximum atomic E-state index is 10.9. The quantitative estimate of drug-likeness (QED) is 0.777. The van der Waals surface area contributed by atoms with Gasteiger partial charge < -0.3 is 10.0 Å². The fourth-order valence-corrected chi connectivity index (χ4v) is 1.97. The zero-order valence-corrected chi connectivity index (χ0v) is 9.45. The molecule has 3 heterocycles. The highest BCUT2D eigenvalue weighted by Crippen LogP contribution is 2.12. The van der Waals surface area contributed by atoms with E-state index in [0.717, 1.165) is 16.3 Å². The van der Waals surface area contributed by atoms with Crippen molar-refractivity contribution in [1.82, 2.24) is 9.88 Å². The van der Waals surface area contributed by atoms with Crippen molar-refractivity contribution >= 4 is 17.7 Å². The van der Waals surface area contributed by atoms with Gasteiger partial charge in [-0.15, -0.1) is 0 Å². The number of allylic oxidation sites excluding steroid dienone is 3. The van der Waals surface area contributed by atoms with Crippen molar-refractivity contribution in [3.63, 3.8) is 0 Å². The number of aromatic nitrogens is 1. The van der Waals surface area contributed by atoms with Gasteiger partial charge in [0.15, 0.2) is 0 Å². The second-order valence-electron chi connectivity index (χ2n) is 3.97. The van der Waals surface area contributed by atoms with Crippen LogP contribution in [0.15, 0.2) is 49.0 Å². The molecule has 0 atom stereocenters. The minimum Gasteiger partial charge on any atom is -0.478 e. The van der Waals surface area contributed by atoms with Crippen LogP contribution in [0.25, 0.3) is 11.8 Å². The molecule has 0 aromatic carbocycles. The molecule has 1 aromatic heterocycles. The van der Waals surface area contributed by atoms with E-state index in [-0.39, 0.29) is 5.56 Å². The van der Waals surface area contributed by atoms with Crippen molar-refractivity contribution in [2.75, 3.05) is 0 Å². The monoisotopic (exact) mass is 238 g/mol. The van der Waals surface area contributed by atoms with Crippen molar-refractivity contribution in [3.8, 4) is 0 Å². The second-order valence-corrected chi connectivity index (χ2v) is 3.97. The van der Waals surface area contributed by atoms with Crippen molar-refractivity contribution < 1.29 is 9.90 Å². The van der Waals surface area contributed by atoms with Crippen LogP contribution in [0.5, 0.6) is 0 Å². The first-order valence-electron chi connectivity index (χ1n) is 5.51. The number of carboxylic acids is 1. The van der Waals surface area contributed by atoms with E-state index in [9.17, 15) is 4.79 Å². The number of rotatable bonds is 1. The van der Waals surface area contributed by atoms with Crippen molar-refractivity contribution in [2.24, 2.45) is 0 Å². The van der Waals surface area contributed by atoms with Crippen LogP contribution < -0.4 is 10.6 Å². The van der Waals surface area contributed by atoms with Crippen LogP contribution in [0.3, 0.4) is 0 Å². The second kappa shape index (κ2) is 4.00. The molecule has 0 amide bonds. The lowest BCUT2D eigenvalue weighted by Gasteiger charge is -2.17. The number of nitrogens with zero attached hydrogens (tertiary/aromatic N) is 2. The summed E-state index contributed by atoms with van der Waals surface area (Å²) in [4.78, 5) is 17.2. The fraction of sp³-hybridized carbons (Fsp3) is 0. The molecule has 0 aliphatic carbocycles. The number of pyridine rings is 1. The maximum Gasteiger partial charge on any atom is 0.337 e. The molecule has 2 aliphatic heterocycles. The third-order valence-electron chi connectivity index (χ3n) is 2.82. The smallest absolute Gasteiger partial charge is 0.337 e. The van der Waals surface area contributed by atoms with E-state index in [1.54, 1.807) is 6.07 Å². The lowest BCUT2D eigenvalue weighted by atomic mass is 10.2. The van der Waals surface area contributed by atoms with E-state index in [4.69, 9.17) is 5.11 Å². The zero-order chi connectivity index (χ0) is 12.5. The molecule has 2 aliphatic rings. The Balaban J connectivity index is 2.34. The van der Waals surface area contributed by atoms with Gasteiger partial charge in [-0.2, -0.15) is 0 Å². The van der Waals surface area contributed by atoms with E-state index in [1.807, 2.05) is 47.7 Å². The molecular formula is C14H10N2O2. The number of fused-ring (bicyclic) bond motifs is 2. The van der Waals surface area contributed by atoms with Crippen molar-refractivity contribution in [2.45, 2.75) is 0 Å². The van der Waals surface area contributed by atoms with Crippen molar-refractivity contribution in [1.29, 1.82) is 0 Å². The third-order valence-corrected chi connectivity index (χ3v) is 2.82. The lowest BCUT2D eigenvalue weighted by molar-refractivity contribution is 0.0696. The van der Waals surface area contributed by atoms with Crippen LogP contribution in [0.2, 0.25) is 0 Å². The van der Waals surface area contributed by atoms with Crippen LogP contribution in [-0.2, 0) is 0 Å². The molecule has 0 saturated carbocycles. The normalized spacial score (nSPS) is 15.8. The Labute approximate surface area is 103 Å². The van der Waals surface area contributed by atoms with Gasteiger partial charge in [0.25, 0.3) is 0 Å². The SMILES string of the molecule is O=C(O)c1cnc2c(c1)=CC=CN1C=CC=CC=21. The van der Waals surface area contributed by atoms with E-state index in [1.165, 1.54) is 6.20 Å². The summed E-state index contributed by atoms with van der Waals surface area (Å²) in [6.07, 6.45) is 14.8. The minimum absolute atomic E-state index is 0.197. The molecule has 88 valence electrons. The average molecular weight is 238 g/mol. The molecule has 0 bridgehead atoms. The van der Waals surface area contributed by atoms with Gasteiger partial charge in [-0.3, -0.25) is 4.98 Å². The van der Waals surface area contributed by atoms with E-state index >= 15 is 0 Å². The largest absolute Gasteiger partial charge is 0.478 e. The van der Waals surface area contributed by atoms with Gasteiger partial charge in [-0.05, 0) is 24.3 Å². The molecule has 18 heavy (non-hydrogen) atoms. The maximum absolute atomic E-state index is 10.9. The van der Waals surface area contributed by atoms with Crippen LogP contribution >= 0.6 is 0 Å². The Kier molecular flexibility index (Phi) is 2.34. The molecule has 1 N–H and O–H groups in total. The number of hydrogen-bond donors (Lipinski definition) is 1. The van der Waals surface area contributed by atoms with Gasteiger partial charge in [0.05, 0.1) is 16.6 Å². The standard InChI is InChI=1S/C14H10N2O2/c17-14(18)11-8-10-4-3-7-16-6-2-1-5-12(16)13(10)15-9-11/h1-9H,(H,17,18). The van der Waals surface area contributed by atoms with Crippen LogP contribution in [0.4, 0.5) is 0 Å². The van der Waals surface area contributed by atoms with E-state index < -0.39 is 5.97 Å². The Morgan fingerprint density at radius 3 is 2.89 bits per heavy atom. The highest BCUT2D eigenvalue weighted by molar-refractivity contribution is 5.87. The predicted octanol–water partition coefficient (Wildman–Crippen LogP) is 0.581. The Morgan fingerprint density at radius 1 is 1.22 bits per heavy atom. The topological polar surface area (TPSA) is 53.4 Å². The summed E-state index contributed by atoms with van der Waals surface area (Å²) in [5, 5.41) is 10.6. The number of carbonyl (C=O) groups is 1. The number of carboxylic acid groups (broad SMARTS) is 1. The lowest BCUT2D eigenvalue weighted by Crippen LogP contribution is -2.33. The molecule has 1 aromatic rings. The Morgan fingerprint density at radius 2 is 2.06 bits per heavy atom. The van der Waals surface area contributed by atoms with Gasteiger partial charge >= 0.3 is 5.97 Å². The third kappa shape index (κ3) is 1.64. The van der Waals surface area contributed by atoms with Crippen LogP contribution in [-0.4, -0.2) is 21.0 Å². The van der Waals surface area contributed by atoms with Gasteiger partial charge in [0, 0.05) is 23.8 Å². The van der Waals surface area contributed by atoms with Crippen molar-refractivity contribution in [3.05, 3.63) is 65.1 Å². The van der Waals surface area contributed by atoms with E-state index in [0.29, 0.717) is 0 Å². The average Bonchev–Trinajstić information content (AvgIpc) is 2.57. The molecule has 0 saturated heterocycles. The van der Waals surface area contributed by atoms with E-state index in [2.05, 4.69) is 4.98 Å². The molecule has 3 rings (SSSR count). The number of hydrogen-bond acceptors (Lipinski definition) is 3. The summed E-state index contributed by atoms with van der Waals surface area (Å²) in [5.74, 6) is -0.965. The minimum atomic E-state index is -0.965. The Hall–Kier alpha value is -2.62. The van der Waals surface area contributed by atoms with Crippen LogP contribution in [0.1, 0.15) is 10.4 Å². The highest BCUT2D eigenvalue weighted by Gasteiger charge is 2.10. The summed E-state index contributed by atoms with van der Waals surface area (Å²) < 4.78 is 0. The molecule has 0 spiro atoms. The summed E-state index contributed by atoms with van der Waals surface area (Å²) in [5.41, 5.74) is 1.14. The van der Waals surface area contributed by atoms with Gasteiger partial charge in [0.1, 0.15) is 0 Å².